The minimum absolute atomic E-state index is 0.332. The first-order valence-corrected chi connectivity index (χ1v) is 5.63. The molecule has 0 aromatic heterocycles. The Morgan fingerprint density at radius 1 is 1.38 bits per heavy atom. The van der Waals surface area contributed by atoms with Crippen molar-refractivity contribution in [2.24, 2.45) is 5.92 Å². The highest BCUT2D eigenvalue weighted by atomic mass is 16.5. The van der Waals surface area contributed by atoms with Crippen LogP contribution < -0.4 is 0 Å². The van der Waals surface area contributed by atoms with Gasteiger partial charge in [-0.3, -0.25) is 4.79 Å². The van der Waals surface area contributed by atoms with Gasteiger partial charge < -0.3 is 9.84 Å². The number of aliphatic hydroxyl groups excluding tert-OH is 1. The monoisotopic (exact) mass is 220 g/mol. The zero-order chi connectivity index (χ0) is 11.4. The second kappa shape index (κ2) is 5.12. The topological polar surface area (TPSA) is 46.5 Å². The number of aldehydes is 1. The molecule has 3 heteroatoms. The SMILES string of the molecule is O=CC1=CC=CC(C2CCOCC2)=C(O)C1. The van der Waals surface area contributed by atoms with Crippen LogP contribution in [-0.2, 0) is 9.53 Å². The molecule has 0 unspecified atom stereocenters. The maximum Gasteiger partial charge on any atom is 0.146 e. The Labute approximate surface area is 95.1 Å². The predicted octanol–water partition coefficient (Wildman–Crippen LogP) is 2.31. The Morgan fingerprint density at radius 3 is 2.81 bits per heavy atom. The molecule has 1 aliphatic carbocycles. The Morgan fingerprint density at radius 2 is 2.12 bits per heavy atom. The fourth-order valence-electron chi connectivity index (χ4n) is 2.19. The first kappa shape index (κ1) is 11.1. The van der Waals surface area contributed by atoms with E-state index in [1.165, 1.54) is 0 Å². The minimum atomic E-state index is 0.332. The van der Waals surface area contributed by atoms with Gasteiger partial charge in [0.25, 0.3) is 0 Å². The number of rotatable bonds is 2. The molecule has 0 atom stereocenters. The molecule has 0 aromatic rings. The summed E-state index contributed by atoms with van der Waals surface area (Å²) in [4.78, 5) is 10.7. The van der Waals surface area contributed by atoms with Gasteiger partial charge in [0.05, 0.1) is 0 Å². The highest BCUT2D eigenvalue weighted by molar-refractivity contribution is 5.75. The lowest BCUT2D eigenvalue weighted by Gasteiger charge is -2.23. The van der Waals surface area contributed by atoms with E-state index in [9.17, 15) is 9.90 Å². The van der Waals surface area contributed by atoms with Gasteiger partial charge in [0.1, 0.15) is 12.0 Å². The van der Waals surface area contributed by atoms with Crippen LogP contribution in [0, 0.1) is 5.92 Å². The molecule has 86 valence electrons. The van der Waals surface area contributed by atoms with Crippen molar-refractivity contribution in [2.75, 3.05) is 13.2 Å². The highest BCUT2D eigenvalue weighted by Gasteiger charge is 2.20. The normalized spacial score (nSPS) is 22.9. The van der Waals surface area contributed by atoms with Crippen LogP contribution >= 0.6 is 0 Å². The van der Waals surface area contributed by atoms with Crippen molar-refractivity contribution in [1.29, 1.82) is 0 Å². The van der Waals surface area contributed by atoms with Crippen molar-refractivity contribution in [3.05, 3.63) is 35.1 Å². The van der Waals surface area contributed by atoms with E-state index in [1.807, 2.05) is 12.2 Å². The number of ether oxygens (including phenoxy) is 1. The summed E-state index contributed by atoms with van der Waals surface area (Å²) in [6.07, 6.45) is 8.56. The van der Waals surface area contributed by atoms with Gasteiger partial charge in [-0.05, 0) is 29.9 Å². The molecule has 0 saturated carbocycles. The molecule has 1 fully saturated rings. The molecule has 0 bridgehead atoms. The maximum absolute atomic E-state index is 10.7. The zero-order valence-electron chi connectivity index (χ0n) is 9.19. The summed E-state index contributed by atoms with van der Waals surface area (Å²) in [7, 11) is 0. The van der Waals surface area contributed by atoms with Crippen LogP contribution in [0.15, 0.2) is 35.1 Å². The Hall–Kier alpha value is -1.35. The molecule has 0 aromatic carbocycles. The van der Waals surface area contributed by atoms with E-state index in [4.69, 9.17) is 4.74 Å². The molecule has 0 spiro atoms. The number of carbonyl (C=O) groups is 1. The quantitative estimate of drug-likeness (QED) is 0.726. The van der Waals surface area contributed by atoms with E-state index in [0.29, 0.717) is 23.7 Å². The first-order valence-electron chi connectivity index (χ1n) is 5.63. The third-order valence-corrected chi connectivity index (χ3v) is 3.10. The van der Waals surface area contributed by atoms with Crippen LogP contribution in [0.25, 0.3) is 0 Å². The highest BCUT2D eigenvalue weighted by Crippen LogP contribution is 2.29. The summed E-state index contributed by atoms with van der Waals surface area (Å²) >= 11 is 0. The number of carbonyl (C=O) groups excluding carboxylic acids is 1. The standard InChI is InChI=1S/C13H16O3/c14-9-10-2-1-3-12(13(15)8-10)11-4-6-16-7-5-11/h1-3,9,11,15H,4-8H2. The molecular weight excluding hydrogens is 204 g/mol. The molecule has 0 radical (unpaired) electrons. The molecular formula is C13H16O3. The van der Waals surface area contributed by atoms with Gasteiger partial charge in [-0.2, -0.15) is 0 Å². The van der Waals surface area contributed by atoms with Gasteiger partial charge in [-0.1, -0.05) is 18.2 Å². The average Bonchev–Trinajstić information content (AvgIpc) is 2.52. The van der Waals surface area contributed by atoms with Gasteiger partial charge >= 0.3 is 0 Å². The lowest BCUT2D eigenvalue weighted by molar-refractivity contribution is -0.105. The number of hydrogen-bond donors (Lipinski definition) is 1. The van der Waals surface area contributed by atoms with Gasteiger partial charge in [-0.25, -0.2) is 0 Å². The number of allylic oxidation sites excluding steroid dienone is 5. The molecule has 3 nitrogen and oxygen atoms in total. The van der Waals surface area contributed by atoms with Crippen molar-refractivity contribution in [3.8, 4) is 0 Å². The van der Waals surface area contributed by atoms with Crippen LogP contribution in [0.5, 0.6) is 0 Å². The third-order valence-electron chi connectivity index (χ3n) is 3.10. The van der Waals surface area contributed by atoms with Crippen molar-refractivity contribution in [2.45, 2.75) is 19.3 Å². The average molecular weight is 220 g/mol. The van der Waals surface area contributed by atoms with E-state index in [2.05, 4.69) is 0 Å². The van der Waals surface area contributed by atoms with Crippen LogP contribution in [0.3, 0.4) is 0 Å². The van der Waals surface area contributed by atoms with Crippen molar-refractivity contribution < 1.29 is 14.6 Å². The van der Waals surface area contributed by atoms with Gasteiger partial charge in [0.15, 0.2) is 0 Å². The van der Waals surface area contributed by atoms with Gasteiger partial charge in [0.2, 0.25) is 0 Å². The Kier molecular flexibility index (Phi) is 3.57. The molecule has 2 rings (SSSR count). The molecule has 2 aliphatic rings. The lowest BCUT2D eigenvalue weighted by atomic mass is 9.89. The van der Waals surface area contributed by atoms with Crippen LogP contribution in [0.4, 0.5) is 0 Å². The van der Waals surface area contributed by atoms with E-state index in [-0.39, 0.29) is 0 Å². The van der Waals surface area contributed by atoms with E-state index in [0.717, 1.165) is 37.9 Å². The molecule has 1 aliphatic heterocycles. The molecule has 1 N–H and O–H groups in total. The van der Waals surface area contributed by atoms with Crippen molar-refractivity contribution in [1.82, 2.24) is 0 Å². The summed E-state index contributed by atoms with van der Waals surface area (Å²) in [5.74, 6) is 0.698. The fourth-order valence-corrected chi connectivity index (χ4v) is 2.19. The summed E-state index contributed by atoms with van der Waals surface area (Å²) < 4.78 is 5.30. The Bertz CT molecular complexity index is 357. The second-order valence-corrected chi connectivity index (χ2v) is 4.18. The molecule has 0 amide bonds. The van der Waals surface area contributed by atoms with E-state index in [1.54, 1.807) is 6.08 Å². The number of hydrogen-bond acceptors (Lipinski definition) is 3. The van der Waals surface area contributed by atoms with E-state index >= 15 is 0 Å². The van der Waals surface area contributed by atoms with Crippen molar-refractivity contribution in [3.63, 3.8) is 0 Å². The molecule has 1 saturated heterocycles. The van der Waals surface area contributed by atoms with Gasteiger partial charge in [-0.15, -0.1) is 0 Å². The fraction of sp³-hybridized carbons (Fsp3) is 0.462. The summed E-state index contributed by atoms with van der Waals surface area (Å²) in [5, 5.41) is 9.99. The van der Waals surface area contributed by atoms with Crippen molar-refractivity contribution >= 4 is 6.29 Å². The largest absolute Gasteiger partial charge is 0.512 e. The lowest BCUT2D eigenvalue weighted by Crippen LogP contribution is -2.18. The van der Waals surface area contributed by atoms with Crippen LogP contribution in [-0.4, -0.2) is 24.6 Å². The van der Waals surface area contributed by atoms with Crippen LogP contribution in [0.1, 0.15) is 19.3 Å². The second-order valence-electron chi connectivity index (χ2n) is 4.18. The molecule has 16 heavy (non-hydrogen) atoms. The minimum Gasteiger partial charge on any atom is -0.512 e. The summed E-state index contributed by atoms with van der Waals surface area (Å²) in [6.45, 7) is 1.51. The number of aliphatic hydroxyl groups is 1. The first-order chi connectivity index (χ1) is 7.81. The smallest absolute Gasteiger partial charge is 0.146 e. The Balaban J connectivity index is 2.17. The maximum atomic E-state index is 10.7. The third kappa shape index (κ3) is 2.42. The zero-order valence-corrected chi connectivity index (χ0v) is 9.19. The van der Waals surface area contributed by atoms with Gasteiger partial charge in [0, 0.05) is 19.6 Å². The predicted molar refractivity (Wildman–Crippen MR) is 61.1 cm³/mol. The van der Waals surface area contributed by atoms with Crippen LogP contribution in [0.2, 0.25) is 0 Å². The summed E-state index contributed by atoms with van der Waals surface area (Å²) in [6, 6.07) is 0. The molecule has 1 heterocycles. The van der Waals surface area contributed by atoms with E-state index < -0.39 is 0 Å². The summed E-state index contributed by atoms with van der Waals surface area (Å²) in [5.41, 5.74) is 1.59.